The van der Waals surface area contributed by atoms with Crippen molar-refractivity contribution in [2.24, 2.45) is 0 Å². The summed E-state index contributed by atoms with van der Waals surface area (Å²) in [6, 6.07) is 17.6. The molecule has 2 aromatic carbocycles. The first-order valence-electron chi connectivity index (χ1n) is 12.1. The third-order valence-corrected chi connectivity index (χ3v) is 6.03. The molecule has 1 atom stereocenters. The van der Waals surface area contributed by atoms with E-state index in [9.17, 15) is 4.79 Å². The molecule has 1 fully saturated rings. The quantitative estimate of drug-likeness (QED) is 0.542. The summed E-state index contributed by atoms with van der Waals surface area (Å²) < 4.78 is 11.5. The molecule has 7 heteroatoms. The number of hydrogen-bond donors (Lipinski definition) is 1. The molecule has 1 aliphatic rings. The minimum Gasteiger partial charge on any atom is -0.481 e. The molecule has 1 aliphatic heterocycles. The summed E-state index contributed by atoms with van der Waals surface area (Å²) in [6.07, 6.45) is -0.657. The maximum absolute atomic E-state index is 12.9. The second-order valence-electron chi connectivity index (χ2n) is 9.96. The number of aryl methyl sites for hydroxylation is 1. The third-order valence-electron chi connectivity index (χ3n) is 6.03. The first-order valence-corrected chi connectivity index (χ1v) is 12.1. The van der Waals surface area contributed by atoms with Gasteiger partial charge in [0.15, 0.2) is 11.9 Å². The number of hydrogen-bond acceptors (Lipinski definition) is 6. The highest BCUT2D eigenvalue weighted by atomic mass is 16.5. The number of nitrogens with one attached hydrogen (secondary N) is 1. The molecule has 35 heavy (non-hydrogen) atoms. The van der Waals surface area contributed by atoms with E-state index in [1.54, 1.807) is 6.92 Å². The van der Waals surface area contributed by atoms with Gasteiger partial charge in [0.2, 0.25) is 0 Å². The number of carbonyl (C=O) groups is 1. The van der Waals surface area contributed by atoms with Gasteiger partial charge in [-0.2, -0.15) is 0 Å². The number of morpholine rings is 1. The fraction of sp³-hybridized carbons (Fsp3) is 0.393. The van der Waals surface area contributed by atoms with Crippen molar-refractivity contribution in [2.75, 3.05) is 36.5 Å². The number of anilines is 2. The van der Waals surface area contributed by atoms with Gasteiger partial charge in [0.05, 0.1) is 18.9 Å². The van der Waals surface area contributed by atoms with Gasteiger partial charge in [0.25, 0.3) is 5.91 Å². The maximum atomic E-state index is 12.9. The zero-order valence-electron chi connectivity index (χ0n) is 21.2. The molecule has 0 bridgehead atoms. The summed E-state index contributed by atoms with van der Waals surface area (Å²) in [5.41, 5.74) is 4.46. The number of benzene rings is 2. The van der Waals surface area contributed by atoms with Crippen molar-refractivity contribution in [3.63, 3.8) is 0 Å². The Morgan fingerprint density at radius 1 is 1.06 bits per heavy atom. The molecular weight excluding hydrogens is 440 g/mol. The first-order chi connectivity index (χ1) is 16.7. The van der Waals surface area contributed by atoms with Crippen LogP contribution < -0.4 is 15.0 Å². The lowest BCUT2D eigenvalue weighted by Gasteiger charge is -2.27. The Morgan fingerprint density at radius 2 is 1.83 bits per heavy atom. The van der Waals surface area contributed by atoms with Crippen molar-refractivity contribution in [1.29, 1.82) is 0 Å². The monoisotopic (exact) mass is 474 g/mol. The van der Waals surface area contributed by atoms with Crippen LogP contribution in [0.15, 0.2) is 54.6 Å². The van der Waals surface area contributed by atoms with Crippen LogP contribution in [0.1, 0.15) is 38.8 Å². The molecule has 7 nitrogen and oxygen atoms in total. The lowest BCUT2D eigenvalue weighted by atomic mass is 9.85. The van der Waals surface area contributed by atoms with Gasteiger partial charge >= 0.3 is 0 Å². The molecule has 4 rings (SSSR count). The van der Waals surface area contributed by atoms with Crippen LogP contribution in [0.3, 0.4) is 0 Å². The minimum absolute atomic E-state index is 0.0930. The molecule has 1 N–H and O–H groups in total. The van der Waals surface area contributed by atoms with Crippen molar-refractivity contribution in [3.05, 3.63) is 65.7 Å². The lowest BCUT2D eigenvalue weighted by molar-refractivity contribution is -0.122. The highest BCUT2D eigenvalue weighted by Crippen LogP contribution is 2.33. The van der Waals surface area contributed by atoms with E-state index in [4.69, 9.17) is 9.47 Å². The van der Waals surface area contributed by atoms with Crippen LogP contribution in [-0.2, 0) is 14.9 Å². The van der Waals surface area contributed by atoms with Gasteiger partial charge in [0, 0.05) is 24.3 Å². The standard InChI is InChI=1S/C28H34N4O3/c1-19-9-11-25(23(17-19)28(3,4)5)35-20(2)27(33)29-22-8-6-7-21(18-22)24-10-12-26(31-30-24)32-13-15-34-16-14-32/h6-12,17-18,20H,13-16H2,1-5H3,(H,29,33). The second kappa shape index (κ2) is 10.4. The Morgan fingerprint density at radius 3 is 2.51 bits per heavy atom. The fourth-order valence-corrected chi connectivity index (χ4v) is 4.02. The predicted molar refractivity (Wildman–Crippen MR) is 139 cm³/mol. The summed E-state index contributed by atoms with van der Waals surface area (Å²) in [5.74, 6) is 1.37. The zero-order chi connectivity index (χ0) is 25.0. The van der Waals surface area contributed by atoms with Gasteiger partial charge in [-0.3, -0.25) is 4.79 Å². The Kier molecular flexibility index (Phi) is 7.36. The van der Waals surface area contributed by atoms with Crippen molar-refractivity contribution < 1.29 is 14.3 Å². The van der Waals surface area contributed by atoms with Crippen molar-refractivity contribution in [2.45, 2.75) is 46.1 Å². The van der Waals surface area contributed by atoms with E-state index >= 15 is 0 Å². The molecular formula is C28H34N4O3. The van der Waals surface area contributed by atoms with E-state index < -0.39 is 6.10 Å². The lowest BCUT2D eigenvalue weighted by Crippen LogP contribution is -2.36. The van der Waals surface area contributed by atoms with Gasteiger partial charge in [-0.1, -0.05) is 50.6 Å². The summed E-state index contributed by atoms with van der Waals surface area (Å²) >= 11 is 0. The molecule has 1 aromatic heterocycles. The van der Waals surface area contributed by atoms with Crippen LogP contribution in [0.5, 0.6) is 5.75 Å². The van der Waals surface area contributed by atoms with E-state index in [0.29, 0.717) is 18.9 Å². The molecule has 0 aliphatic carbocycles. The Bertz CT molecular complexity index is 1170. The topological polar surface area (TPSA) is 76.6 Å². The number of aromatic nitrogens is 2. The van der Waals surface area contributed by atoms with Crippen molar-refractivity contribution in [1.82, 2.24) is 10.2 Å². The molecule has 1 amide bonds. The molecule has 184 valence electrons. The fourth-order valence-electron chi connectivity index (χ4n) is 4.02. The second-order valence-corrected chi connectivity index (χ2v) is 9.96. The number of ether oxygens (including phenoxy) is 2. The number of nitrogens with zero attached hydrogens (tertiary/aromatic N) is 3. The molecule has 2 heterocycles. The van der Waals surface area contributed by atoms with E-state index in [2.05, 4.69) is 54.2 Å². The first kappa shape index (κ1) is 24.7. The number of rotatable bonds is 6. The normalized spacial score (nSPS) is 14.9. The van der Waals surface area contributed by atoms with Crippen molar-refractivity contribution >= 4 is 17.4 Å². The van der Waals surface area contributed by atoms with Gasteiger partial charge in [-0.25, -0.2) is 0 Å². The molecule has 0 saturated carbocycles. The number of amides is 1. The van der Waals surface area contributed by atoms with Crippen LogP contribution in [0.25, 0.3) is 11.3 Å². The van der Waals surface area contributed by atoms with Gasteiger partial charge in [-0.15, -0.1) is 10.2 Å². The van der Waals surface area contributed by atoms with Crippen LogP contribution >= 0.6 is 0 Å². The van der Waals surface area contributed by atoms with E-state index in [1.165, 1.54) is 0 Å². The maximum Gasteiger partial charge on any atom is 0.265 e. The van der Waals surface area contributed by atoms with Crippen LogP contribution in [0.2, 0.25) is 0 Å². The molecule has 1 unspecified atom stereocenters. The van der Waals surface area contributed by atoms with E-state index in [0.717, 1.165) is 47.0 Å². The largest absolute Gasteiger partial charge is 0.481 e. The Labute approximate surface area is 207 Å². The third kappa shape index (κ3) is 6.17. The summed E-state index contributed by atoms with van der Waals surface area (Å²) in [6.45, 7) is 13.3. The SMILES string of the molecule is Cc1ccc(OC(C)C(=O)Nc2cccc(-c3ccc(N4CCOCC4)nn3)c2)c(C(C)(C)C)c1. The summed E-state index contributed by atoms with van der Waals surface area (Å²) in [5, 5.41) is 11.8. The van der Waals surface area contributed by atoms with E-state index in [1.807, 2.05) is 48.5 Å². The van der Waals surface area contributed by atoms with Gasteiger partial charge < -0.3 is 19.7 Å². The van der Waals surface area contributed by atoms with Crippen LogP contribution in [-0.4, -0.2) is 48.5 Å². The van der Waals surface area contributed by atoms with E-state index in [-0.39, 0.29) is 11.3 Å². The highest BCUT2D eigenvalue weighted by Gasteiger charge is 2.23. The van der Waals surface area contributed by atoms with Crippen molar-refractivity contribution in [3.8, 4) is 17.0 Å². The highest BCUT2D eigenvalue weighted by molar-refractivity contribution is 5.94. The Hall–Kier alpha value is -3.45. The van der Waals surface area contributed by atoms with Crippen LogP contribution in [0.4, 0.5) is 11.5 Å². The van der Waals surface area contributed by atoms with Gasteiger partial charge in [-0.05, 0) is 55.2 Å². The average Bonchev–Trinajstić information content (AvgIpc) is 2.85. The van der Waals surface area contributed by atoms with Crippen LogP contribution in [0, 0.1) is 6.92 Å². The molecule has 3 aromatic rings. The predicted octanol–water partition coefficient (Wildman–Crippen LogP) is 4.99. The Balaban J connectivity index is 1.43. The smallest absolute Gasteiger partial charge is 0.265 e. The molecule has 1 saturated heterocycles. The summed E-state index contributed by atoms with van der Waals surface area (Å²) in [4.78, 5) is 15.1. The molecule has 0 radical (unpaired) electrons. The summed E-state index contributed by atoms with van der Waals surface area (Å²) in [7, 11) is 0. The number of carbonyl (C=O) groups excluding carboxylic acids is 1. The average molecular weight is 475 g/mol. The molecule has 0 spiro atoms. The minimum atomic E-state index is -0.657. The zero-order valence-corrected chi connectivity index (χ0v) is 21.2. The van der Waals surface area contributed by atoms with Gasteiger partial charge in [0.1, 0.15) is 5.75 Å².